The molecule has 21 heavy (non-hydrogen) atoms. The van der Waals surface area contributed by atoms with Crippen LogP contribution in [0.1, 0.15) is 45.0 Å². The first kappa shape index (κ1) is 14.3. The van der Waals surface area contributed by atoms with E-state index >= 15 is 0 Å². The molecule has 5 heteroatoms. The summed E-state index contributed by atoms with van der Waals surface area (Å²) in [6.45, 7) is 2.75. The van der Waals surface area contributed by atoms with Crippen LogP contribution in [0.15, 0.2) is 11.4 Å². The van der Waals surface area contributed by atoms with E-state index in [1.165, 1.54) is 28.1 Å². The van der Waals surface area contributed by atoms with Crippen LogP contribution >= 0.6 is 11.3 Å². The minimum absolute atomic E-state index is 0.0431. The lowest BCUT2D eigenvalue weighted by Gasteiger charge is -2.17. The first-order valence-electron chi connectivity index (χ1n) is 7.41. The molecule has 1 amide bonds. The van der Waals surface area contributed by atoms with Gasteiger partial charge >= 0.3 is 0 Å². The molecule has 4 nitrogen and oxygen atoms in total. The molecule has 0 atom stereocenters. The van der Waals surface area contributed by atoms with Crippen LogP contribution in [0.25, 0.3) is 0 Å². The molecule has 0 unspecified atom stereocenters. The van der Waals surface area contributed by atoms with E-state index in [-0.39, 0.29) is 5.91 Å². The highest BCUT2D eigenvalue weighted by molar-refractivity contribution is 7.10. The molecular weight excluding hydrogens is 282 g/mol. The predicted molar refractivity (Wildman–Crippen MR) is 84.7 cm³/mol. The first-order chi connectivity index (χ1) is 10.1. The third-order valence-electron chi connectivity index (χ3n) is 4.26. The molecule has 2 aromatic rings. The molecule has 0 saturated carbocycles. The van der Waals surface area contributed by atoms with Crippen molar-refractivity contribution in [2.45, 2.75) is 39.2 Å². The molecule has 0 saturated heterocycles. The van der Waals surface area contributed by atoms with Crippen LogP contribution in [-0.2, 0) is 26.4 Å². The molecule has 1 aliphatic carbocycles. The minimum Gasteiger partial charge on any atom is -0.335 e. The van der Waals surface area contributed by atoms with Gasteiger partial charge in [0.2, 0.25) is 0 Å². The summed E-state index contributed by atoms with van der Waals surface area (Å²) in [7, 11) is 3.82. The Hall–Kier alpha value is -1.62. The van der Waals surface area contributed by atoms with Gasteiger partial charge in [0.15, 0.2) is 5.69 Å². The maximum atomic E-state index is 12.7. The van der Waals surface area contributed by atoms with Gasteiger partial charge in [-0.2, -0.15) is 5.10 Å². The Morgan fingerprint density at radius 2 is 2.19 bits per heavy atom. The fourth-order valence-corrected chi connectivity index (χ4v) is 3.94. The van der Waals surface area contributed by atoms with E-state index < -0.39 is 0 Å². The molecule has 2 heterocycles. The van der Waals surface area contributed by atoms with Gasteiger partial charge in [-0.15, -0.1) is 11.3 Å². The molecule has 0 radical (unpaired) electrons. The van der Waals surface area contributed by atoms with Crippen molar-refractivity contribution in [1.82, 2.24) is 14.7 Å². The van der Waals surface area contributed by atoms with E-state index in [2.05, 4.69) is 23.5 Å². The number of nitrogens with zero attached hydrogens (tertiary/aromatic N) is 3. The number of thiophene rings is 1. The zero-order valence-electron chi connectivity index (χ0n) is 12.8. The number of aromatic nitrogens is 2. The van der Waals surface area contributed by atoms with Crippen molar-refractivity contribution >= 4 is 17.2 Å². The van der Waals surface area contributed by atoms with Crippen molar-refractivity contribution in [3.63, 3.8) is 0 Å². The highest BCUT2D eigenvalue weighted by atomic mass is 32.1. The van der Waals surface area contributed by atoms with Gasteiger partial charge in [0.05, 0.1) is 6.54 Å². The molecule has 0 N–H and O–H groups in total. The third-order valence-corrected chi connectivity index (χ3v) is 5.27. The topological polar surface area (TPSA) is 38.1 Å². The fourth-order valence-electron chi connectivity index (χ4n) is 2.98. The van der Waals surface area contributed by atoms with Crippen LogP contribution in [0.5, 0.6) is 0 Å². The number of hydrogen-bond donors (Lipinski definition) is 0. The summed E-state index contributed by atoms with van der Waals surface area (Å²) in [6, 6.07) is 2.10. The average molecular weight is 303 g/mol. The third kappa shape index (κ3) is 2.62. The maximum Gasteiger partial charge on any atom is 0.274 e. The molecule has 2 aromatic heterocycles. The summed E-state index contributed by atoms with van der Waals surface area (Å²) >= 11 is 1.70. The Morgan fingerprint density at radius 1 is 1.43 bits per heavy atom. The van der Waals surface area contributed by atoms with Gasteiger partial charge in [-0.1, -0.05) is 0 Å². The summed E-state index contributed by atoms with van der Waals surface area (Å²) in [5, 5.41) is 6.57. The van der Waals surface area contributed by atoms with Crippen LogP contribution in [0.3, 0.4) is 0 Å². The van der Waals surface area contributed by atoms with Crippen LogP contribution in [0, 0.1) is 6.92 Å². The zero-order chi connectivity index (χ0) is 15.0. The van der Waals surface area contributed by atoms with Crippen LogP contribution in [0.4, 0.5) is 0 Å². The van der Waals surface area contributed by atoms with E-state index in [4.69, 9.17) is 0 Å². The Balaban J connectivity index is 1.83. The molecule has 112 valence electrons. The normalized spacial score (nSPS) is 14.0. The largest absolute Gasteiger partial charge is 0.335 e. The van der Waals surface area contributed by atoms with Crippen molar-refractivity contribution in [2.24, 2.45) is 7.05 Å². The Labute approximate surface area is 129 Å². The molecular formula is C16H21N3OS. The fraction of sp³-hybridized carbons (Fsp3) is 0.500. The highest BCUT2D eigenvalue weighted by Gasteiger charge is 2.25. The average Bonchev–Trinajstić information content (AvgIpc) is 3.03. The number of carbonyl (C=O) groups is 1. The summed E-state index contributed by atoms with van der Waals surface area (Å²) in [6.07, 6.45) is 4.38. The second kappa shape index (κ2) is 5.64. The second-order valence-corrected chi connectivity index (χ2v) is 6.79. The van der Waals surface area contributed by atoms with Crippen molar-refractivity contribution in [2.75, 3.05) is 7.05 Å². The zero-order valence-corrected chi connectivity index (χ0v) is 13.7. The number of amides is 1. The van der Waals surface area contributed by atoms with Gasteiger partial charge in [-0.25, -0.2) is 0 Å². The van der Waals surface area contributed by atoms with E-state index in [9.17, 15) is 4.79 Å². The molecule has 0 spiro atoms. The van der Waals surface area contributed by atoms with Crippen LogP contribution in [0.2, 0.25) is 0 Å². The number of hydrogen-bond acceptors (Lipinski definition) is 3. The number of fused-ring (bicyclic) bond motifs is 1. The Bertz CT molecular complexity index is 671. The van der Waals surface area contributed by atoms with E-state index in [0.29, 0.717) is 12.2 Å². The number of carbonyl (C=O) groups excluding carboxylic acids is 1. The Kier molecular flexibility index (Phi) is 3.85. The predicted octanol–water partition coefficient (Wildman–Crippen LogP) is 2.94. The van der Waals surface area contributed by atoms with Gasteiger partial charge in [0.25, 0.3) is 5.91 Å². The highest BCUT2D eigenvalue weighted by Crippen LogP contribution is 2.25. The molecule has 0 aromatic carbocycles. The van der Waals surface area contributed by atoms with Gasteiger partial charge in [0.1, 0.15) is 0 Å². The van der Waals surface area contributed by atoms with Gasteiger partial charge < -0.3 is 4.90 Å². The monoisotopic (exact) mass is 303 g/mol. The van der Waals surface area contributed by atoms with Crippen molar-refractivity contribution in [3.05, 3.63) is 38.8 Å². The summed E-state index contributed by atoms with van der Waals surface area (Å²) < 4.78 is 1.89. The quantitative estimate of drug-likeness (QED) is 0.874. The molecule has 0 fully saturated rings. The summed E-state index contributed by atoms with van der Waals surface area (Å²) in [4.78, 5) is 15.8. The summed E-state index contributed by atoms with van der Waals surface area (Å²) in [5.41, 5.74) is 4.32. The van der Waals surface area contributed by atoms with Crippen molar-refractivity contribution < 1.29 is 4.79 Å². The van der Waals surface area contributed by atoms with E-state index in [0.717, 1.165) is 19.3 Å². The second-order valence-electron chi connectivity index (χ2n) is 5.79. The van der Waals surface area contributed by atoms with Crippen LogP contribution in [-0.4, -0.2) is 27.6 Å². The maximum absolute atomic E-state index is 12.7. The van der Waals surface area contributed by atoms with Crippen molar-refractivity contribution in [1.29, 1.82) is 0 Å². The first-order valence-corrected chi connectivity index (χ1v) is 8.29. The molecule has 1 aliphatic rings. The molecule has 3 rings (SSSR count). The van der Waals surface area contributed by atoms with Gasteiger partial charge in [0, 0.05) is 30.2 Å². The van der Waals surface area contributed by atoms with E-state index in [1.807, 2.05) is 18.8 Å². The van der Waals surface area contributed by atoms with Crippen LogP contribution < -0.4 is 0 Å². The minimum atomic E-state index is 0.0431. The number of rotatable bonds is 3. The smallest absolute Gasteiger partial charge is 0.274 e. The molecule has 0 bridgehead atoms. The van der Waals surface area contributed by atoms with E-state index in [1.54, 1.807) is 16.2 Å². The summed E-state index contributed by atoms with van der Waals surface area (Å²) in [5.74, 6) is 0.0431. The lowest BCUT2D eigenvalue weighted by molar-refractivity contribution is 0.0778. The SMILES string of the molecule is Cc1ccsc1CN(C)C(=O)c1nn(C)c2c1CCCC2. The Morgan fingerprint density at radius 3 is 2.90 bits per heavy atom. The lowest BCUT2D eigenvalue weighted by atomic mass is 9.95. The number of aryl methyl sites for hydroxylation is 2. The standard InChI is InChI=1S/C16H21N3OS/c1-11-8-9-21-14(11)10-18(2)16(20)15-12-6-4-5-7-13(12)19(3)17-15/h8-9H,4-7,10H2,1-3H3. The van der Waals surface area contributed by atoms with Gasteiger partial charge in [-0.3, -0.25) is 9.48 Å². The molecule has 0 aliphatic heterocycles. The van der Waals surface area contributed by atoms with Gasteiger partial charge in [-0.05, 0) is 49.6 Å². The van der Waals surface area contributed by atoms with Crippen molar-refractivity contribution in [3.8, 4) is 0 Å². The lowest BCUT2D eigenvalue weighted by Crippen LogP contribution is -2.27.